The topological polar surface area (TPSA) is 20.2 Å². The lowest BCUT2D eigenvalue weighted by Crippen LogP contribution is -1.75. The van der Waals surface area contributed by atoms with Gasteiger partial charge in [0.2, 0.25) is 0 Å². The molecule has 1 N–H and O–H groups in total. The van der Waals surface area contributed by atoms with E-state index in [2.05, 4.69) is 5.11 Å². The average Bonchev–Trinajstić information content (AvgIpc) is 2.19. The van der Waals surface area contributed by atoms with E-state index >= 15 is 0 Å². The maximum atomic E-state index is 7.65. The molecule has 48 valence electrons. The van der Waals surface area contributed by atoms with E-state index in [4.69, 9.17) is 13.8 Å². The van der Waals surface area contributed by atoms with E-state index in [-0.39, 0.29) is 0 Å². The number of phenolic OH excluding ortho intramolecular Hbond substituents is 1. The molecule has 0 heterocycles. The lowest BCUT2D eigenvalue weighted by molar-refractivity contribution is 0.471. The van der Waals surface area contributed by atoms with E-state index in [0.29, 0.717) is 0 Å². The molecular formula is C8H10O. The molecule has 0 radical (unpaired) electrons. The Morgan fingerprint density at radius 1 is 1.67 bits per heavy atom. The number of phenols is 1. The second-order valence-corrected chi connectivity index (χ2v) is 1.45. The van der Waals surface area contributed by atoms with Gasteiger partial charge in [-0.2, -0.15) is 0 Å². The highest BCUT2D eigenvalue weighted by Gasteiger charge is 1.91. The van der Waals surface area contributed by atoms with Crippen LogP contribution in [0.3, 0.4) is 0 Å². The van der Waals surface area contributed by atoms with Gasteiger partial charge in [-0.3, -0.25) is 0 Å². The first-order valence-corrected chi connectivity index (χ1v) is 2.20. The monoisotopic (exact) mass is 132 g/mol. The van der Waals surface area contributed by atoms with Crippen molar-refractivity contribution in [2.24, 2.45) is 0 Å². The third kappa shape index (κ3) is 1.22. The zero-order valence-corrected chi connectivity index (χ0v) is 4.41. The summed E-state index contributed by atoms with van der Waals surface area (Å²) >= 11 is 0. The molecule has 0 bridgehead atoms. The highest BCUT2D eigenvalue weighted by molar-refractivity contribution is 5.34. The molecule has 0 aliphatic heterocycles. The van der Waals surface area contributed by atoms with Gasteiger partial charge >= 0.3 is 0 Å². The lowest BCUT2D eigenvalue weighted by atomic mass is 10.1. The molecule has 0 unspecified atom stereocenters. The van der Waals surface area contributed by atoms with Gasteiger partial charge in [-0.25, -0.2) is 0 Å². The molecule has 0 aromatic heterocycles. The molecule has 1 rings (SSSR count). The molecule has 1 aromatic carbocycles. The molecule has 0 aliphatic rings. The number of rotatable bonds is 1. The van der Waals surface area contributed by atoms with Crippen LogP contribution in [0.15, 0.2) is 18.1 Å². The number of benzene rings is 1. The van der Waals surface area contributed by atoms with Gasteiger partial charge in [0.25, 0.3) is 1.43 Å². The summed E-state index contributed by atoms with van der Waals surface area (Å²) in [4.78, 5) is 0. The Kier molecular flexibility index (Phi) is 0.283. The van der Waals surface area contributed by atoms with Gasteiger partial charge in [-0.1, -0.05) is 17.6 Å². The summed E-state index contributed by atoms with van der Waals surface area (Å²) in [6, 6.07) is -2.58. The zero-order chi connectivity index (χ0) is 15.2. The van der Waals surface area contributed by atoms with Crippen LogP contribution >= 0.6 is 0 Å². The largest absolute Gasteiger partial charge is 0.508 e. The minimum absolute atomic E-state index is 0.789. The quantitative estimate of drug-likeness (QED) is 0.619. The first kappa shape index (κ1) is 1.22. The molecule has 0 aliphatic carbocycles. The smallest absolute Gasteiger partial charge is 0.293 e. The highest BCUT2D eigenvalue weighted by atomic mass is 16.3. The van der Waals surface area contributed by atoms with E-state index in [9.17, 15) is 0 Å². The first-order valence-electron chi connectivity index (χ1n) is 7.11. The second-order valence-electron chi connectivity index (χ2n) is 1.45. The van der Waals surface area contributed by atoms with Crippen molar-refractivity contribution in [3.8, 4) is 5.75 Å². The lowest BCUT2D eigenvalue weighted by Gasteiger charge is -1.97. The van der Waals surface area contributed by atoms with Gasteiger partial charge in [0.05, 0.1) is 4.11 Å². The fraction of sp³-hybridized carbons (Fsp3) is 0.250. The Balaban J connectivity index is 3.88. The summed E-state index contributed by atoms with van der Waals surface area (Å²) in [5, 5.41) is 4.01. The van der Waals surface area contributed by atoms with Gasteiger partial charge in [0.1, 0.15) is 5.75 Å². The van der Waals surface area contributed by atoms with Crippen LogP contribution < -0.4 is 0 Å². The van der Waals surface area contributed by atoms with Crippen molar-refractivity contribution in [3.63, 3.8) is 0 Å². The van der Waals surface area contributed by atoms with E-state index in [0.717, 1.165) is 0 Å². The SMILES string of the molecule is [2H]Oc1c([2H])c([2H])c(C([2H])([2H])[2H])c([2H])c1C([2H])([2H])[2H]. The van der Waals surface area contributed by atoms with E-state index < -0.39 is 48.7 Å². The minimum Gasteiger partial charge on any atom is -0.508 e. The van der Waals surface area contributed by atoms with Crippen LogP contribution in [-0.4, -0.2) is 6.54 Å². The minimum atomic E-state index is -2.92. The maximum absolute atomic E-state index is 7.65. The average molecular weight is 132 g/mol. The summed E-state index contributed by atoms with van der Waals surface area (Å²) in [5.41, 5.74) is -1.67. The Labute approximate surface area is 69.1 Å². The normalized spacial score (nSPS) is 28.0. The van der Waals surface area contributed by atoms with Crippen LogP contribution in [0.4, 0.5) is 0 Å². The van der Waals surface area contributed by atoms with E-state index in [1.54, 1.807) is 0 Å². The molecule has 9 heavy (non-hydrogen) atoms. The van der Waals surface area contributed by atoms with Crippen LogP contribution in [0.25, 0.3) is 0 Å². The first-order chi connectivity index (χ1) is 8.42. The summed E-state index contributed by atoms with van der Waals surface area (Å²) in [6.45, 7) is -5.82. The molecule has 0 amide bonds. The van der Waals surface area contributed by atoms with Gasteiger partial charge in [-0.05, 0) is 25.3 Å². The summed E-state index contributed by atoms with van der Waals surface area (Å²) < 4.78 is 72.8. The zero-order valence-electron chi connectivity index (χ0n) is 14.4. The molecular weight excluding hydrogens is 112 g/mol. The van der Waals surface area contributed by atoms with Gasteiger partial charge in [0, 0.05) is 8.22 Å². The third-order valence-corrected chi connectivity index (χ3v) is 0.778. The number of hydrogen-bond donors (Lipinski definition) is 1. The van der Waals surface area contributed by atoms with Gasteiger partial charge in [0.15, 0.2) is 0 Å². The summed E-state index contributed by atoms with van der Waals surface area (Å²) in [6.07, 6.45) is 0. The van der Waals surface area contributed by atoms with Crippen molar-refractivity contribution in [1.29, 1.82) is 1.43 Å². The molecule has 1 aromatic rings. The predicted molar refractivity (Wildman–Crippen MR) is 37.6 cm³/mol. The predicted octanol–water partition coefficient (Wildman–Crippen LogP) is 2.01. The fourth-order valence-electron chi connectivity index (χ4n) is 0.395. The number of aromatic hydroxyl groups is 1. The van der Waals surface area contributed by atoms with Crippen LogP contribution in [0.2, 0.25) is 0 Å². The number of hydrogen-bond acceptors (Lipinski definition) is 1. The Morgan fingerprint density at radius 3 is 3.33 bits per heavy atom. The molecule has 0 atom stereocenters. The van der Waals surface area contributed by atoms with Gasteiger partial charge in [-0.15, -0.1) is 0 Å². The Bertz CT molecular complexity index is 500. The summed E-state index contributed by atoms with van der Waals surface area (Å²) in [7, 11) is 0. The molecule has 0 fully saturated rings. The highest BCUT2D eigenvalue weighted by Crippen LogP contribution is 2.15. The van der Waals surface area contributed by atoms with E-state index in [1.807, 2.05) is 0 Å². The Hall–Kier alpha value is -0.980. The van der Waals surface area contributed by atoms with Crippen molar-refractivity contribution < 1.29 is 17.4 Å². The molecule has 0 saturated carbocycles. The third-order valence-electron chi connectivity index (χ3n) is 0.778. The van der Waals surface area contributed by atoms with Crippen LogP contribution in [0, 0.1) is 13.7 Å². The van der Waals surface area contributed by atoms with Crippen molar-refractivity contribution in [3.05, 3.63) is 29.3 Å². The van der Waals surface area contributed by atoms with Crippen molar-refractivity contribution in [2.45, 2.75) is 13.7 Å². The van der Waals surface area contributed by atoms with Crippen molar-refractivity contribution >= 4 is 0 Å². The van der Waals surface area contributed by atoms with E-state index in [1.165, 1.54) is 0 Å². The fourth-order valence-corrected chi connectivity index (χ4v) is 0.395. The second kappa shape index (κ2) is 2.09. The maximum Gasteiger partial charge on any atom is 0.293 e. The standard InChI is InChI=1S/C8H10O/c1-6-3-4-8(9)7(2)5-6/h3-5,9H,1-2H3/i1D3,2D3,3D,4D,5D/hD. The van der Waals surface area contributed by atoms with Gasteiger partial charge < -0.3 is 5.11 Å². The van der Waals surface area contributed by atoms with Crippen LogP contribution in [-0.2, 0) is 0 Å². The molecule has 0 saturated heterocycles. The van der Waals surface area contributed by atoms with Crippen LogP contribution in [0.1, 0.15) is 23.5 Å². The molecule has 0 spiro atoms. The van der Waals surface area contributed by atoms with Crippen molar-refractivity contribution in [1.82, 2.24) is 0 Å². The van der Waals surface area contributed by atoms with Crippen LogP contribution in [0.5, 0.6) is 5.75 Å². The van der Waals surface area contributed by atoms with Crippen molar-refractivity contribution in [2.75, 3.05) is 0 Å². The summed E-state index contributed by atoms with van der Waals surface area (Å²) in [5.74, 6) is -0.789. The Morgan fingerprint density at radius 2 is 2.67 bits per heavy atom. The molecule has 1 heteroatoms. The molecule has 1 nitrogen and oxygen atoms in total.